The highest BCUT2D eigenvalue weighted by Crippen LogP contribution is 2.35. The zero-order valence-corrected chi connectivity index (χ0v) is 14.7. The van der Waals surface area contributed by atoms with Crippen molar-refractivity contribution in [3.8, 4) is 5.88 Å². The van der Waals surface area contributed by atoms with E-state index in [1.54, 1.807) is 12.4 Å². The summed E-state index contributed by atoms with van der Waals surface area (Å²) < 4.78 is 0. The number of hydrogen-bond acceptors (Lipinski definition) is 6. The first-order valence-electron chi connectivity index (χ1n) is 7.48. The van der Waals surface area contributed by atoms with Gasteiger partial charge in [0.25, 0.3) is 0 Å². The number of nitrogens with one attached hydrogen (secondary N) is 1. The van der Waals surface area contributed by atoms with Gasteiger partial charge in [-0.3, -0.25) is 0 Å². The maximum absolute atomic E-state index is 10.1. The van der Waals surface area contributed by atoms with E-state index in [9.17, 15) is 5.11 Å². The summed E-state index contributed by atoms with van der Waals surface area (Å²) >= 11 is 1.41. The number of fused-ring (bicyclic) bond motifs is 1. The molecule has 3 aromatic rings. The van der Waals surface area contributed by atoms with E-state index in [2.05, 4.69) is 20.3 Å². The molecule has 1 aliphatic heterocycles. The number of aromatic nitrogens is 2. The summed E-state index contributed by atoms with van der Waals surface area (Å²) in [5.41, 5.74) is 3.05. The molecule has 2 aromatic heterocycles. The molecule has 4 rings (SSSR count). The van der Waals surface area contributed by atoms with Gasteiger partial charge < -0.3 is 10.4 Å². The van der Waals surface area contributed by atoms with E-state index in [1.807, 2.05) is 48.5 Å². The Morgan fingerprint density at radius 2 is 1.96 bits per heavy atom. The molecular formula is C18H15ClN4OS. The van der Waals surface area contributed by atoms with Crippen molar-refractivity contribution < 1.29 is 5.11 Å². The average molecular weight is 371 g/mol. The van der Waals surface area contributed by atoms with Crippen LogP contribution in [0, 0.1) is 0 Å². The molecule has 1 aromatic carbocycles. The minimum absolute atomic E-state index is 0. The van der Waals surface area contributed by atoms with Crippen LogP contribution in [-0.2, 0) is 6.54 Å². The van der Waals surface area contributed by atoms with Gasteiger partial charge in [0.1, 0.15) is 0 Å². The van der Waals surface area contributed by atoms with Crippen LogP contribution in [-0.4, -0.2) is 21.3 Å². The number of hydrogen-bond donors (Lipinski definition) is 2. The van der Waals surface area contributed by atoms with Gasteiger partial charge in [-0.15, -0.1) is 12.4 Å². The Morgan fingerprint density at radius 3 is 2.80 bits per heavy atom. The molecule has 126 valence electrons. The quantitative estimate of drug-likeness (QED) is 0.707. The number of rotatable bonds is 4. The number of pyridine rings is 1. The molecule has 7 heteroatoms. The predicted octanol–water partition coefficient (Wildman–Crippen LogP) is 4.53. The number of nitrogens with zero attached hydrogens (tertiary/aromatic N) is 3. The first kappa shape index (κ1) is 17.1. The Hall–Kier alpha value is -2.70. The number of anilines is 1. The van der Waals surface area contributed by atoms with Gasteiger partial charge in [0, 0.05) is 30.1 Å². The molecule has 0 atom stereocenters. The number of aliphatic imine (C=N–C) groups is 1. The number of allylic oxidation sites excluding steroid dienone is 1. The van der Waals surface area contributed by atoms with E-state index < -0.39 is 0 Å². The van der Waals surface area contributed by atoms with Crippen molar-refractivity contribution in [2.75, 3.05) is 5.32 Å². The van der Waals surface area contributed by atoms with E-state index in [-0.39, 0.29) is 18.3 Å². The Balaban J connectivity index is 0.00000182. The molecule has 0 fully saturated rings. The van der Waals surface area contributed by atoms with Crippen LogP contribution in [0.1, 0.15) is 16.0 Å². The predicted molar refractivity (Wildman–Crippen MR) is 105 cm³/mol. The molecule has 0 bridgehead atoms. The molecule has 0 amide bonds. The average Bonchev–Trinajstić information content (AvgIpc) is 3.18. The Labute approximate surface area is 155 Å². The second-order valence-electron chi connectivity index (χ2n) is 5.28. The zero-order chi connectivity index (χ0) is 16.4. The summed E-state index contributed by atoms with van der Waals surface area (Å²) in [5.74, 6) is 0.726. The van der Waals surface area contributed by atoms with Gasteiger partial charge in [-0.25, -0.2) is 9.98 Å². The summed E-state index contributed by atoms with van der Waals surface area (Å²) in [4.78, 5) is 13.4. The van der Waals surface area contributed by atoms with E-state index in [0.29, 0.717) is 22.4 Å². The van der Waals surface area contributed by atoms with Crippen molar-refractivity contribution in [1.82, 2.24) is 9.97 Å². The van der Waals surface area contributed by atoms with Crippen LogP contribution in [0.5, 0.6) is 5.88 Å². The third-order valence-corrected chi connectivity index (χ3v) is 4.58. The van der Waals surface area contributed by atoms with E-state index in [1.165, 1.54) is 11.3 Å². The van der Waals surface area contributed by atoms with Crippen LogP contribution >= 0.6 is 23.7 Å². The monoisotopic (exact) mass is 370 g/mol. The maximum atomic E-state index is 10.1. The number of thiazole rings is 1. The maximum Gasteiger partial charge on any atom is 0.231 e. The normalized spacial score (nSPS) is 13.5. The first-order valence-corrected chi connectivity index (χ1v) is 8.30. The van der Waals surface area contributed by atoms with Gasteiger partial charge in [0.2, 0.25) is 5.88 Å². The number of halogens is 1. The van der Waals surface area contributed by atoms with Crippen molar-refractivity contribution >= 4 is 52.6 Å². The Morgan fingerprint density at radius 1 is 1.12 bits per heavy atom. The minimum Gasteiger partial charge on any atom is -0.492 e. The molecule has 3 heterocycles. The third kappa shape index (κ3) is 3.70. The van der Waals surface area contributed by atoms with Crippen molar-refractivity contribution in [2.45, 2.75) is 6.54 Å². The topological polar surface area (TPSA) is 70.4 Å². The molecule has 25 heavy (non-hydrogen) atoms. The fourth-order valence-corrected chi connectivity index (χ4v) is 3.26. The van der Waals surface area contributed by atoms with Crippen LogP contribution in [0.3, 0.4) is 0 Å². The van der Waals surface area contributed by atoms with Crippen LogP contribution in [0.15, 0.2) is 53.7 Å². The lowest BCUT2D eigenvalue weighted by molar-refractivity contribution is 0.456. The van der Waals surface area contributed by atoms with Crippen molar-refractivity contribution in [3.05, 3.63) is 64.7 Å². The summed E-state index contributed by atoms with van der Waals surface area (Å²) in [6.07, 6.45) is 5.36. The summed E-state index contributed by atoms with van der Waals surface area (Å²) in [6.45, 7) is 0.665. The Kier molecular flexibility index (Phi) is 5.11. The summed E-state index contributed by atoms with van der Waals surface area (Å²) in [5, 5.41) is 14.0. The fourth-order valence-electron chi connectivity index (χ4n) is 2.45. The van der Waals surface area contributed by atoms with E-state index >= 15 is 0 Å². The van der Waals surface area contributed by atoms with Gasteiger partial charge in [-0.1, -0.05) is 41.7 Å². The van der Waals surface area contributed by atoms with Gasteiger partial charge in [0.05, 0.1) is 4.88 Å². The van der Waals surface area contributed by atoms with Crippen LogP contribution < -0.4 is 5.32 Å². The number of aromatic hydroxyl groups is 1. The highest BCUT2D eigenvalue weighted by molar-refractivity contribution is 7.16. The standard InChI is InChI=1S/C18H14N4OS.ClH/c23-17-15(9-13-11-20-16-14(13)7-4-8-19-16)24-18(22-17)21-10-12-5-2-1-3-6-12;/h1-9,11,23H,10H2,(H,21,22);1H. The van der Waals surface area contributed by atoms with E-state index in [0.717, 1.165) is 16.7 Å². The summed E-state index contributed by atoms with van der Waals surface area (Å²) in [7, 11) is 0. The van der Waals surface area contributed by atoms with Gasteiger partial charge in [-0.05, 0) is 23.8 Å². The molecule has 0 radical (unpaired) electrons. The molecule has 0 saturated heterocycles. The second-order valence-corrected chi connectivity index (χ2v) is 6.31. The molecule has 5 nitrogen and oxygen atoms in total. The lowest BCUT2D eigenvalue weighted by atomic mass is 10.1. The Bertz CT molecular complexity index is 937. The minimum atomic E-state index is 0. The molecular weight excluding hydrogens is 356 g/mol. The molecule has 2 N–H and O–H groups in total. The number of benzene rings is 1. The molecule has 0 unspecified atom stereocenters. The van der Waals surface area contributed by atoms with Gasteiger partial charge >= 0.3 is 0 Å². The van der Waals surface area contributed by atoms with Crippen molar-refractivity contribution in [2.24, 2.45) is 4.99 Å². The fraction of sp³-hybridized carbons (Fsp3) is 0.0556. The largest absolute Gasteiger partial charge is 0.492 e. The molecule has 0 saturated carbocycles. The first-order chi connectivity index (χ1) is 11.8. The van der Waals surface area contributed by atoms with Crippen molar-refractivity contribution in [1.29, 1.82) is 0 Å². The van der Waals surface area contributed by atoms with Crippen molar-refractivity contribution in [3.63, 3.8) is 0 Å². The second kappa shape index (κ2) is 7.46. The van der Waals surface area contributed by atoms with Gasteiger partial charge in [0.15, 0.2) is 10.9 Å². The zero-order valence-electron chi connectivity index (χ0n) is 13.1. The highest BCUT2D eigenvalue weighted by atomic mass is 35.5. The SMILES string of the molecule is Cl.Oc1nc(NCc2ccccc2)sc1C=C1C=Nc2ncccc21. The lowest BCUT2D eigenvalue weighted by Gasteiger charge is -2.01. The van der Waals surface area contributed by atoms with Crippen LogP contribution in [0.2, 0.25) is 0 Å². The van der Waals surface area contributed by atoms with E-state index in [4.69, 9.17) is 0 Å². The molecule has 1 aliphatic rings. The van der Waals surface area contributed by atoms with Crippen LogP contribution in [0.4, 0.5) is 10.9 Å². The molecule has 0 aliphatic carbocycles. The van der Waals surface area contributed by atoms with Crippen LogP contribution in [0.25, 0.3) is 11.6 Å². The molecule has 0 spiro atoms. The highest BCUT2D eigenvalue weighted by Gasteiger charge is 2.15. The smallest absolute Gasteiger partial charge is 0.231 e. The third-order valence-electron chi connectivity index (χ3n) is 3.63. The lowest BCUT2D eigenvalue weighted by Crippen LogP contribution is -1.97. The van der Waals surface area contributed by atoms with Gasteiger partial charge in [-0.2, -0.15) is 4.98 Å². The summed E-state index contributed by atoms with van der Waals surface area (Å²) in [6, 6.07) is 13.9.